The van der Waals surface area contributed by atoms with E-state index in [1.165, 1.54) is 25.8 Å². The van der Waals surface area contributed by atoms with Gasteiger partial charge in [0.05, 0.1) is 0 Å². The first-order valence-electron chi connectivity index (χ1n) is 5.48. The summed E-state index contributed by atoms with van der Waals surface area (Å²) in [5, 5.41) is 0. The molecule has 1 saturated heterocycles. The topological polar surface area (TPSA) is 3.24 Å². The van der Waals surface area contributed by atoms with Crippen LogP contribution < -0.4 is 0 Å². The fourth-order valence-electron chi connectivity index (χ4n) is 2.76. The molecule has 70 valence electrons. The van der Waals surface area contributed by atoms with Gasteiger partial charge >= 0.3 is 0 Å². The lowest BCUT2D eigenvalue weighted by molar-refractivity contribution is 0.102. The number of rotatable bonds is 2. The van der Waals surface area contributed by atoms with Gasteiger partial charge in [-0.2, -0.15) is 0 Å². The largest absolute Gasteiger partial charge is 0.298 e. The molecule has 0 spiro atoms. The summed E-state index contributed by atoms with van der Waals surface area (Å²) in [6.07, 6.45) is 4.36. The van der Waals surface area contributed by atoms with Crippen LogP contribution in [-0.4, -0.2) is 23.5 Å². The van der Waals surface area contributed by atoms with Crippen LogP contribution in [0.25, 0.3) is 0 Å². The third-order valence-electron chi connectivity index (χ3n) is 3.69. The molecule has 0 radical (unpaired) electrons. The Hall–Kier alpha value is -0.0400. The molecule has 0 aromatic heterocycles. The third kappa shape index (κ3) is 1.39. The van der Waals surface area contributed by atoms with E-state index in [9.17, 15) is 0 Å². The minimum absolute atomic E-state index is 0.761. The minimum Gasteiger partial charge on any atom is -0.298 e. The first-order chi connectivity index (χ1) is 5.72. The Morgan fingerprint density at radius 3 is 2.58 bits per heavy atom. The molecule has 1 aliphatic heterocycles. The SMILES string of the molecule is CCC1CC2C[C@H]2CN1C(C)C. The highest BCUT2D eigenvalue weighted by molar-refractivity contribution is 4.97. The molecule has 12 heavy (non-hydrogen) atoms. The van der Waals surface area contributed by atoms with Crippen LogP contribution in [0.2, 0.25) is 0 Å². The maximum atomic E-state index is 2.72. The molecule has 1 aliphatic carbocycles. The molecule has 1 heterocycles. The highest BCUT2D eigenvalue weighted by Crippen LogP contribution is 2.47. The molecule has 2 aliphatic rings. The predicted molar refractivity (Wildman–Crippen MR) is 52.1 cm³/mol. The van der Waals surface area contributed by atoms with Gasteiger partial charge < -0.3 is 0 Å². The minimum atomic E-state index is 0.761. The highest BCUT2D eigenvalue weighted by atomic mass is 15.2. The summed E-state index contributed by atoms with van der Waals surface area (Å²) < 4.78 is 0. The summed E-state index contributed by atoms with van der Waals surface area (Å²) >= 11 is 0. The number of piperidine rings is 1. The quantitative estimate of drug-likeness (QED) is 0.611. The van der Waals surface area contributed by atoms with E-state index < -0.39 is 0 Å². The predicted octanol–water partition coefficient (Wildman–Crippen LogP) is 2.52. The van der Waals surface area contributed by atoms with Gasteiger partial charge in [-0.3, -0.25) is 4.90 Å². The Kier molecular flexibility index (Phi) is 2.16. The summed E-state index contributed by atoms with van der Waals surface area (Å²) in [4.78, 5) is 2.72. The number of hydrogen-bond acceptors (Lipinski definition) is 1. The summed E-state index contributed by atoms with van der Waals surface area (Å²) in [5.74, 6) is 2.19. The second-order valence-electron chi connectivity index (χ2n) is 4.84. The summed E-state index contributed by atoms with van der Waals surface area (Å²) in [6.45, 7) is 8.40. The first kappa shape index (κ1) is 8.55. The Morgan fingerprint density at radius 1 is 1.25 bits per heavy atom. The number of fused-ring (bicyclic) bond motifs is 1. The van der Waals surface area contributed by atoms with Crippen LogP contribution in [0.5, 0.6) is 0 Å². The zero-order valence-corrected chi connectivity index (χ0v) is 8.59. The lowest BCUT2D eigenvalue weighted by Gasteiger charge is -2.37. The Morgan fingerprint density at radius 2 is 2.00 bits per heavy atom. The summed E-state index contributed by atoms with van der Waals surface area (Å²) in [7, 11) is 0. The molecule has 1 saturated carbocycles. The average Bonchev–Trinajstić information content (AvgIpc) is 2.79. The molecule has 2 fully saturated rings. The van der Waals surface area contributed by atoms with E-state index in [1.54, 1.807) is 0 Å². The first-order valence-corrected chi connectivity index (χ1v) is 5.48. The third-order valence-corrected chi connectivity index (χ3v) is 3.69. The zero-order chi connectivity index (χ0) is 8.72. The van der Waals surface area contributed by atoms with Gasteiger partial charge in [-0.1, -0.05) is 6.92 Å². The molecule has 0 aromatic rings. The van der Waals surface area contributed by atoms with E-state index in [0.717, 1.165) is 23.9 Å². The van der Waals surface area contributed by atoms with Crippen molar-refractivity contribution in [3.63, 3.8) is 0 Å². The van der Waals surface area contributed by atoms with Crippen molar-refractivity contribution in [3.8, 4) is 0 Å². The Bertz CT molecular complexity index is 164. The van der Waals surface area contributed by atoms with E-state index in [1.807, 2.05) is 0 Å². The van der Waals surface area contributed by atoms with Crippen LogP contribution >= 0.6 is 0 Å². The van der Waals surface area contributed by atoms with Crippen molar-refractivity contribution in [2.45, 2.75) is 52.1 Å². The molecular formula is C11H21N. The van der Waals surface area contributed by atoms with Crippen molar-refractivity contribution in [1.82, 2.24) is 4.90 Å². The monoisotopic (exact) mass is 167 g/mol. The van der Waals surface area contributed by atoms with Gasteiger partial charge in [-0.25, -0.2) is 0 Å². The molecule has 0 bridgehead atoms. The second-order valence-corrected chi connectivity index (χ2v) is 4.84. The summed E-state index contributed by atoms with van der Waals surface area (Å²) in [5.41, 5.74) is 0. The van der Waals surface area contributed by atoms with E-state index in [2.05, 4.69) is 25.7 Å². The lowest BCUT2D eigenvalue weighted by atomic mass is 9.98. The van der Waals surface area contributed by atoms with Gasteiger partial charge in [0.2, 0.25) is 0 Å². The Balaban J connectivity index is 1.98. The van der Waals surface area contributed by atoms with Crippen LogP contribution in [0, 0.1) is 11.8 Å². The molecule has 2 rings (SSSR count). The smallest absolute Gasteiger partial charge is 0.00982 e. The van der Waals surface area contributed by atoms with Gasteiger partial charge in [0, 0.05) is 18.6 Å². The fourth-order valence-corrected chi connectivity index (χ4v) is 2.76. The summed E-state index contributed by atoms with van der Waals surface area (Å²) in [6, 6.07) is 1.66. The van der Waals surface area contributed by atoms with Crippen molar-refractivity contribution < 1.29 is 0 Å². The molecule has 1 nitrogen and oxygen atoms in total. The van der Waals surface area contributed by atoms with E-state index in [4.69, 9.17) is 0 Å². The van der Waals surface area contributed by atoms with Crippen LogP contribution in [0.3, 0.4) is 0 Å². The highest BCUT2D eigenvalue weighted by Gasteiger charge is 2.45. The molecule has 1 heteroatoms. The number of hydrogen-bond donors (Lipinski definition) is 0. The van der Waals surface area contributed by atoms with Gasteiger partial charge in [-0.05, 0) is 44.9 Å². The average molecular weight is 167 g/mol. The van der Waals surface area contributed by atoms with Crippen molar-refractivity contribution in [1.29, 1.82) is 0 Å². The van der Waals surface area contributed by atoms with Crippen molar-refractivity contribution in [2.24, 2.45) is 11.8 Å². The van der Waals surface area contributed by atoms with Gasteiger partial charge in [0.1, 0.15) is 0 Å². The van der Waals surface area contributed by atoms with Gasteiger partial charge in [0.25, 0.3) is 0 Å². The van der Waals surface area contributed by atoms with E-state index in [-0.39, 0.29) is 0 Å². The van der Waals surface area contributed by atoms with Gasteiger partial charge in [-0.15, -0.1) is 0 Å². The fraction of sp³-hybridized carbons (Fsp3) is 1.00. The molecule has 0 aromatic carbocycles. The van der Waals surface area contributed by atoms with Gasteiger partial charge in [0.15, 0.2) is 0 Å². The van der Waals surface area contributed by atoms with Crippen LogP contribution in [0.15, 0.2) is 0 Å². The van der Waals surface area contributed by atoms with Crippen molar-refractivity contribution in [2.75, 3.05) is 6.54 Å². The molecule has 0 N–H and O–H groups in total. The Labute approximate surface area is 76.1 Å². The normalized spacial score (nSPS) is 41.5. The zero-order valence-electron chi connectivity index (χ0n) is 8.59. The van der Waals surface area contributed by atoms with E-state index >= 15 is 0 Å². The maximum absolute atomic E-state index is 2.72. The standard InChI is InChI=1S/C11H21N/c1-4-11-6-9-5-10(9)7-12(11)8(2)3/h8-11H,4-7H2,1-3H3/t9?,10-,11?/m0/s1. The molecule has 0 amide bonds. The number of nitrogens with zero attached hydrogens (tertiary/aromatic N) is 1. The van der Waals surface area contributed by atoms with Crippen LogP contribution in [0.4, 0.5) is 0 Å². The van der Waals surface area contributed by atoms with E-state index in [0.29, 0.717) is 0 Å². The number of likely N-dealkylation sites (tertiary alicyclic amines) is 1. The molecular weight excluding hydrogens is 146 g/mol. The second kappa shape index (κ2) is 3.02. The molecule has 3 atom stereocenters. The van der Waals surface area contributed by atoms with Crippen molar-refractivity contribution in [3.05, 3.63) is 0 Å². The maximum Gasteiger partial charge on any atom is 0.00982 e. The van der Waals surface area contributed by atoms with Crippen LogP contribution in [-0.2, 0) is 0 Å². The van der Waals surface area contributed by atoms with Crippen LogP contribution in [0.1, 0.15) is 40.0 Å². The molecule has 2 unspecified atom stereocenters. The lowest BCUT2D eigenvalue weighted by Crippen LogP contribution is -2.44. The van der Waals surface area contributed by atoms with Crippen molar-refractivity contribution >= 4 is 0 Å².